The summed E-state index contributed by atoms with van der Waals surface area (Å²) in [5, 5.41) is 0. The third-order valence-electron chi connectivity index (χ3n) is 4.16. The highest BCUT2D eigenvalue weighted by molar-refractivity contribution is 9.10. The fraction of sp³-hybridized carbons (Fsp3) is 0.562. The van der Waals surface area contributed by atoms with E-state index in [0.717, 1.165) is 41.5 Å². The van der Waals surface area contributed by atoms with E-state index in [9.17, 15) is 4.79 Å². The van der Waals surface area contributed by atoms with Crippen molar-refractivity contribution in [2.75, 3.05) is 14.2 Å². The zero-order valence-electron chi connectivity index (χ0n) is 12.6. The first-order chi connectivity index (χ1) is 10.0. The lowest BCUT2D eigenvalue weighted by molar-refractivity contribution is -0.136. The normalized spacial score (nSPS) is 21.9. The molecule has 5 heteroatoms. The molecular formula is C16H23BrN2O2. The number of hydrogen-bond acceptors (Lipinski definition) is 3. The molecule has 0 aromatic heterocycles. The van der Waals surface area contributed by atoms with Gasteiger partial charge in [-0.05, 0) is 31.0 Å². The highest BCUT2D eigenvalue weighted by atomic mass is 79.9. The summed E-state index contributed by atoms with van der Waals surface area (Å²) in [6.45, 7) is 0.532. The Morgan fingerprint density at radius 1 is 1.43 bits per heavy atom. The molecule has 0 heterocycles. The van der Waals surface area contributed by atoms with E-state index in [2.05, 4.69) is 15.9 Å². The van der Waals surface area contributed by atoms with E-state index in [1.54, 1.807) is 12.0 Å². The monoisotopic (exact) mass is 354 g/mol. The molecule has 1 aromatic rings. The lowest BCUT2D eigenvalue weighted by Gasteiger charge is -2.31. The van der Waals surface area contributed by atoms with Crippen LogP contribution in [0.1, 0.15) is 31.2 Å². The Morgan fingerprint density at radius 2 is 2.14 bits per heavy atom. The van der Waals surface area contributed by atoms with Gasteiger partial charge in [-0.1, -0.05) is 28.8 Å². The molecule has 1 aliphatic rings. The van der Waals surface area contributed by atoms with Gasteiger partial charge in [0.1, 0.15) is 5.75 Å². The molecule has 1 aliphatic carbocycles. The second kappa shape index (κ2) is 7.27. The molecule has 0 radical (unpaired) electrons. The van der Waals surface area contributed by atoms with Crippen LogP contribution in [0.2, 0.25) is 0 Å². The molecule has 1 amide bonds. The Labute approximate surface area is 134 Å². The number of halogens is 1. The molecule has 2 rings (SSSR count). The summed E-state index contributed by atoms with van der Waals surface area (Å²) in [6.07, 6.45) is 4.08. The number of benzene rings is 1. The molecular weight excluding hydrogens is 332 g/mol. The summed E-state index contributed by atoms with van der Waals surface area (Å²) in [5.41, 5.74) is 7.10. The highest BCUT2D eigenvalue weighted by Crippen LogP contribution is 2.27. The van der Waals surface area contributed by atoms with Gasteiger partial charge in [0.2, 0.25) is 5.91 Å². The van der Waals surface area contributed by atoms with Crippen LogP contribution >= 0.6 is 15.9 Å². The van der Waals surface area contributed by atoms with E-state index in [-0.39, 0.29) is 17.9 Å². The van der Waals surface area contributed by atoms with Crippen molar-refractivity contribution in [1.29, 1.82) is 0 Å². The molecule has 1 aromatic carbocycles. The van der Waals surface area contributed by atoms with E-state index in [4.69, 9.17) is 10.5 Å². The number of rotatable bonds is 4. The van der Waals surface area contributed by atoms with Crippen molar-refractivity contribution >= 4 is 21.8 Å². The summed E-state index contributed by atoms with van der Waals surface area (Å²) in [6, 6.07) is 5.83. The van der Waals surface area contributed by atoms with Gasteiger partial charge in [-0.2, -0.15) is 0 Å². The zero-order valence-corrected chi connectivity index (χ0v) is 14.2. The van der Waals surface area contributed by atoms with Crippen LogP contribution in [0.25, 0.3) is 0 Å². The van der Waals surface area contributed by atoms with Crippen LogP contribution in [-0.4, -0.2) is 31.0 Å². The predicted octanol–water partition coefficient (Wildman–Crippen LogP) is 2.93. The van der Waals surface area contributed by atoms with Gasteiger partial charge in [0.05, 0.1) is 13.0 Å². The first-order valence-corrected chi connectivity index (χ1v) is 8.15. The summed E-state index contributed by atoms with van der Waals surface area (Å²) in [4.78, 5) is 14.4. The standard InChI is InChI=1S/C16H23BrN2O2/c1-19(16(20)13-5-3-4-6-14(13)18)10-11-9-12(17)7-8-15(11)21-2/h7-9,13-14H,3-6,10,18H2,1-2H3. The Hall–Kier alpha value is -1.07. The molecule has 0 saturated heterocycles. The topological polar surface area (TPSA) is 55.6 Å². The van der Waals surface area contributed by atoms with E-state index in [0.29, 0.717) is 6.54 Å². The highest BCUT2D eigenvalue weighted by Gasteiger charge is 2.30. The van der Waals surface area contributed by atoms with Crippen molar-refractivity contribution in [1.82, 2.24) is 4.90 Å². The van der Waals surface area contributed by atoms with Gasteiger partial charge in [-0.25, -0.2) is 0 Å². The second-order valence-electron chi connectivity index (χ2n) is 5.71. The first-order valence-electron chi connectivity index (χ1n) is 7.36. The molecule has 2 atom stereocenters. The number of carbonyl (C=O) groups is 1. The number of ether oxygens (including phenoxy) is 1. The molecule has 2 N–H and O–H groups in total. The van der Waals surface area contributed by atoms with Crippen molar-refractivity contribution in [3.05, 3.63) is 28.2 Å². The lowest BCUT2D eigenvalue weighted by atomic mass is 9.84. The minimum atomic E-state index is -0.0399. The number of nitrogens with zero attached hydrogens (tertiary/aromatic N) is 1. The van der Waals surface area contributed by atoms with Gasteiger partial charge in [-0.15, -0.1) is 0 Å². The molecule has 1 fully saturated rings. The Morgan fingerprint density at radius 3 is 2.81 bits per heavy atom. The Bertz CT molecular complexity index is 507. The summed E-state index contributed by atoms with van der Waals surface area (Å²) in [5.74, 6) is 0.900. The SMILES string of the molecule is COc1ccc(Br)cc1CN(C)C(=O)C1CCCCC1N. The van der Waals surface area contributed by atoms with Crippen molar-refractivity contribution in [3.63, 3.8) is 0 Å². The smallest absolute Gasteiger partial charge is 0.227 e. The quantitative estimate of drug-likeness (QED) is 0.904. The maximum Gasteiger partial charge on any atom is 0.227 e. The number of nitrogens with two attached hydrogens (primary N) is 1. The van der Waals surface area contributed by atoms with Gasteiger partial charge in [0, 0.05) is 29.7 Å². The number of amides is 1. The Kier molecular flexibility index (Phi) is 5.65. The molecule has 1 saturated carbocycles. The molecule has 116 valence electrons. The van der Waals surface area contributed by atoms with E-state index < -0.39 is 0 Å². The van der Waals surface area contributed by atoms with Crippen LogP contribution in [0.3, 0.4) is 0 Å². The van der Waals surface area contributed by atoms with Crippen LogP contribution in [-0.2, 0) is 11.3 Å². The molecule has 2 unspecified atom stereocenters. The third kappa shape index (κ3) is 3.98. The van der Waals surface area contributed by atoms with Gasteiger partial charge >= 0.3 is 0 Å². The van der Waals surface area contributed by atoms with Gasteiger partial charge < -0.3 is 15.4 Å². The molecule has 21 heavy (non-hydrogen) atoms. The Balaban J connectivity index is 2.08. The average molecular weight is 355 g/mol. The van der Waals surface area contributed by atoms with E-state index in [1.807, 2.05) is 25.2 Å². The maximum atomic E-state index is 12.6. The molecule has 0 aliphatic heterocycles. The van der Waals surface area contributed by atoms with Crippen molar-refractivity contribution in [2.24, 2.45) is 11.7 Å². The van der Waals surface area contributed by atoms with Crippen molar-refractivity contribution in [2.45, 2.75) is 38.3 Å². The van der Waals surface area contributed by atoms with Crippen LogP contribution < -0.4 is 10.5 Å². The first kappa shape index (κ1) is 16.3. The minimum absolute atomic E-state index is 0.00175. The summed E-state index contributed by atoms with van der Waals surface area (Å²) >= 11 is 3.46. The van der Waals surface area contributed by atoms with Crippen LogP contribution in [0.5, 0.6) is 5.75 Å². The fourth-order valence-electron chi connectivity index (χ4n) is 2.95. The van der Waals surface area contributed by atoms with Crippen LogP contribution in [0.15, 0.2) is 22.7 Å². The van der Waals surface area contributed by atoms with Gasteiger partial charge in [-0.3, -0.25) is 4.79 Å². The number of carbonyl (C=O) groups excluding carboxylic acids is 1. The van der Waals surface area contributed by atoms with E-state index >= 15 is 0 Å². The second-order valence-corrected chi connectivity index (χ2v) is 6.62. The number of hydrogen-bond donors (Lipinski definition) is 1. The predicted molar refractivity (Wildman–Crippen MR) is 87.1 cm³/mol. The maximum absolute atomic E-state index is 12.6. The summed E-state index contributed by atoms with van der Waals surface area (Å²) < 4.78 is 6.34. The minimum Gasteiger partial charge on any atom is -0.496 e. The number of methoxy groups -OCH3 is 1. The van der Waals surface area contributed by atoms with Crippen molar-refractivity contribution in [3.8, 4) is 5.75 Å². The zero-order chi connectivity index (χ0) is 15.4. The third-order valence-corrected chi connectivity index (χ3v) is 4.66. The fourth-order valence-corrected chi connectivity index (χ4v) is 3.36. The van der Waals surface area contributed by atoms with Crippen LogP contribution in [0.4, 0.5) is 0 Å². The largest absolute Gasteiger partial charge is 0.496 e. The van der Waals surface area contributed by atoms with Gasteiger partial charge in [0.15, 0.2) is 0 Å². The molecule has 0 bridgehead atoms. The molecule has 0 spiro atoms. The van der Waals surface area contributed by atoms with Crippen LogP contribution in [0, 0.1) is 5.92 Å². The summed E-state index contributed by atoms with van der Waals surface area (Å²) in [7, 11) is 3.48. The lowest BCUT2D eigenvalue weighted by Crippen LogP contribution is -2.44. The average Bonchev–Trinajstić information content (AvgIpc) is 2.47. The van der Waals surface area contributed by atoms with E-state index in [1.165, 1.54) is 0 Å². The molecule has 4 nitrogen and oxygen atoms in total. The van der Waals surface area contributed by atoms with Crippen molar-refractivity contribution < 1.29 is 9.53 Å². The van der Waals surface area contributed by atoms with Gasteiger partial charge in [0.25, 0.3) is 0 Å².